The van der Waals surface area contributed by atoms with Gasteiger partial charge in [0.25, 0.3) is 0 Å². The van der Waals surface area contributed by atoms with Gasteiger partial charge in [0, 0.05) is 81.9 Å². The Balaban J connectivity index is 1.33. The number of aromatic nitrogens is 1. The molecule has 3 aliphatic heterocycles. The van der Waals surface area contributed by atoms with Gasteiger partial charge in [0.05, 0.1) is 5.71 Å². The number of rotatable bonds is 9. The molecule has 2 fully saturated rings. The van der Waals surface area contributed by atoms with E-state index in [0.717, 1.165) is 88.7 Å². The summed E-state index contributed by atoms with van der Waals surface area (Å²) >= 11 is 0. The van der Waals surface area contributed by atoms with Crippen LogP contribution in [0.1, 0.15) is 55.4 Å². The van der Waals surface area contributed by atoms with Gasteiger partial charge in [0.2, 0.25) is 0 Å². The predicted octanol–water partition coefficient (Wildman–Crippen LogP) is 4.95. The number of hydrogen-bond acceptors (Lipinski definition) is 7. The summed E-state index contributed by atoms with van der Waals surface area (Å²) in [6.07, 6.45) is 12.1. The molecule has 4 heterocycles. The van der Waals surface area contributed by atoms with Gasteiger partial charge >= 0.3 is 0 Å². The molecule has 1 aromatic heterocycles. The standard InChI is InChI=1S/C34H47N7/c1-5-8-32(22-28-9-12-34(36-24-28)40-14-6-7-15-40)41-16-13-29-10-11-30(23-31(29)25-41)33(37-27(3)35)21-26(2)39-19-17-38(4)18-20-39/h8-12,21,23-24H,3,5-7,13-20,22,25,35H2,1-2,4H3/b26-21+,32-8-,37-33+. The fraction of sp³-hybridized carbons (Fsp3) is 0.471. The first kappa shape index (κ1) is 28.9. The lowest BCUT2D eigenvalue weighted by Crippen LogP contribution is -2.43. The largest absolute Gasteiger partial charge is 0.384 e. The molecule has 2 N–H and O–H groups in total. The molecule has 41 heavy (non-hydrogen) atoms. The van der Waals surface area contributed by atoms with Crippen molar-refractivity contribution in [2.45, 2.75) is 52.5 Å². The predicted molar refractivity (Wildman–Crippen MR) is 171 cm³/mol. The number of hydrogen-bond donors (Lipinski definition) is 1. The smallest absolute Gasteiger partial charge is 0.128 e. The molecule has 0 atom stereocenters. The Bertz CT molecular complexity index is 1290. The van der Waals surface area contributed by atoms with Crippen molar-refractivity contribution >= 4 is 11.5 Å². The highest BCUT2D eigenvalue weighted by molar-refractivity contribution is 6.09. The summed E-state index contributed by atoms with van der Waals surface area (Å²) in [4.78, 5) is 19.2. The Kier molecular flexibility index (Phi) is 9.45. The van der Waals surface area contributed by atoms with Crippen LogP contribution in [0.5, 0.6) is 0 Å². The van der Waals surface area contributed by atoms with Crippen molar-refractivity contribution in [2.24, 2.45) is 10.7 Å². The quantitative estimate of drug-likeness (QED) is 0.444. The van der Waals surface area contributed by atoms with Gasteiger partial charge in [0.1, 0.15) is 11.6 Å². The molecule has 0 aliphatic carbocycles. The molecule has 0 radical (unpaired) electrons. The molecule has 2 saturated heterocycles. The van der Waals surface area contributed by atoms with E-state index in [-0.39, 0.29) is 0 Å². The van der Waals surface area contributed by atoms with Crippen LogP contribution in [0.15, 0.2) is 77.5 Å². The minimum Gasteiger partial charge on any atom is -0.384 e. The van der Waals surface area contributed by atoms with Crippen molar-refractivity contribution < 1.29 is 0 Å². The van der Waals surface area contributed by atoms with E-state index in [1.165, 1.54) is 40.9 Å². The average Bonchev–Trinajstić information content (AvgIpc) is 3.52. The molecule has 0 unspecified atom stereocenters. The van der Waals surface area contributed by atoms with Crippen LogP contribution in [-0.4, -0.2) is 78.3 Å². The van der Waals surface area contributed by atoms with Crippen molar-refractivity contribution in [3.8, 4) is 0 Å². The third-order valence-electron chi connectivity index (χ3n) is 8.60. The molecule has 3 aliphatic rings. The summed E-state index contributed by atoms with van der Waals surface area (Å²) < 4.78 is 0. The Morgan fingerprint density at radius 3 is 2.46 bits per heavy atom. The molecule has 7 nitrogen and oxygen atoms in total. The zero-order chi connectivity index (χ0) is 28.8. The Morgan fingerprint density at radius 1 is 1.00 bits per heavy atom. The van der Waals surface area contributed by atoms with Crippen molar-refractivity contribution in [3.63, 3.8) is 0 Å². The van der Waals surface area contributed by atoms with Gasteiger partial charge in [-0.1, -0.05) is 37.8 Å². The van der Waals surface area contributed by atoms with Crippen LogP contribution in [0.3, 0.4) is 0 Å². The summed E-state index contributed by atoms with van der Waals surface area (Å²) in [7, 11) is 2.18. The maximum Gasteiger partial charge on any atom is 0.128 e. The maximum absolute atomic E-state index is 6.00. The van der Waals surface area contributed by atoms with Gasteiger partial charge in [-0.25, -0.2) is 9.98 Å². The number of nitrogens with two attached hydrogens (primary N) is 1. The zero-order valence-electron chi connectivity index (χ0n) is 25.3. The number of piperazine rings is 1. The fourth-order valence-corrected chi connectivity index (χ4v) is 6.16. The lowest BCUT2D eigenvalue weighted by Gasteiger charge is -2.34. The van der Waals surface area contributed by atoms with Crippen molar-refractivity contribution in [1.29, 1.82) is 0 Å². The molecule has 0 amide bonds. The second-order valence-electron chi connectivity index (χ2n) is 11.7. The summed E-state index contributed by atoms with van der Waals surface area (Å²) in [6.45, 7) is 16.6. The molecule has 0 saturated carbocycles. The van der Waals surface area contributed by atoms with Gasteiger partial charge in [-0.3, -0.25) is 0 Å². The first-order valence-corrected chi connectivity index (χ1v) is 15.3. The number of benzene rings is 1. The SMILES string of the molecule is C=C(N)/N=C(\C=C(/C)N1CCN(C)CC1)c1ccc2c(c1)CN(/C(=C\CC)Cc1ccc(N3CCCC3)nc1)CC2. The third kappa shape index (κ3) is 7.39. The molecule has 2 aromatic rings. The van der Waals surface area contributed by atoms with Crippen molar-refractivity contribution in [1.82, 2.24) is 19.7 Å². The topological polar surface area (TPSA) is 64.2 Å². The van der Waals surface area contributed by atoms with Crippen LogP contribution < -0.4 is 10.6 Å². The van der Waals surface area contributed by atoms with E-state index < -0.39 is 0 Å². The lowest BCUT2D eigenvalue weighted by atomic mass is 9.94. The number of likely N-dealkylation sites (N-methyl/N-ethyl adjacent to an activating group) is 1. The average molecular weight is 554 g/mol. The second-order valence-corrected chi connectivity index (χ2v) is 11.7. The van der Waals surface area contributed by atoms with Crippen LogP contribution in [0.2, 0.25) is 0 Å². The number of aliphatic imine (C=N–C) groups is 1. The minimum absolute atomic E-state index is 0.333. The number of pyridine rings is 1. The van der Waals surface area contributed by atoms with Crippen LogP contribution in [0.25, 0.3) is 0 Å². The summed E-state index contributed by atoms with van der Waals surface area (Å²) in [5, 5.41) is 0. The molecule has 218 valence electrons. The molecule has 5 rings (SSSR count). The maximum atomic E-state index is 6.00. The van der Waals surface area contributed by atoms with Gasteiger partial charge in [0.15, 0.2) is 0 Å². The molecule has 0 bridgehead atoms. The van der Waals surface area contributed by atoms with Crippen molar-refractivity contribution in [2.75, 3.05) is 57.8 Å². The minimum atomic E-state index is 0.333. The molecular formula is C34H47N7. The van der Waals surface area contributed by atoms with Crippen molar-refractivity contribution in [3.05, 3.63) is 94.7 Å². The number of fused-ring (bicyclic) bond motifs is 1. The molecule has 7 heteroatoms. The van der Waals surface area contributed by atoms with Crippen LogP contribution in [-0.2, 0) is 19.4 Å². The highest BCUT2D eigenvalue weighted by atomic mass is 15.2. The Hall–Kier alpha value is -3.58. The molecular weight excluding hydrogens is 506 g/mol. The fourth-order valence-electron chi connectivity index (χ4n) is 6.16. The van der Waals surface area contributed by atoms with Gasteiger partial charge in [-0.05, 0) is 74.6 Å². The number of allylic oxidation sites excluding steroid dienone is 4. The highest BCUT2D eigenvalue weighted by Crippen LogP contribution is 2.27. The van der Waals surface area contributed by atoms with Crippen LogP contribution >= 0.6 is 0 Å². The van der Waals surface area contributed by atoms with Gasteiger partial charge < -0.3 is 25.3 Å². The Labute approximate surface area is 246 Å². The van der Waals surface area contributed by atoms with Crippen LogP contribution in [0.4, 0.5) is 5.82 Å². The Morgan fingerprint density at radius 2 is 1.78 bits per heavy atom. The zero-order valence-corrected chi connectivity index (χ0v) is 25.3. The second kappa shape index (κ2) is 13.4. The van der Waals surface area contributed by atoms with E-state index in [4.69, 9.17) is 10.7 Å². The number of anilines is 1. The number of nitrogens with zero attached hydrogens (tertiary/aromatic N) is 6. The van der Waals surface area contributed by atoms with Gasteiger partial charge in [-0.15, -0.1) is 0 Å². The van der Waals surface area contributed by atoms with E-state index in [1.807, 2.05) is 0 Å². The third-order valence-corrected chi connectivity index (χ3v) is 8.60. The monoisotopic (exact) mass is 553 g/mol. The highest BCUT2D eigenvalue weighted by Gasteiger charge is 2.21. The van der Waals surface area contributed by atoms with E-state index in [1.54, 1.807) is 0 Å². The lowest BCUT2D eigenvalue weighted by molar-refractivity contribution is 0.187. The molecule has 1 aromatic carbocycles. The van der Waals surface area contributed by atoms with E-state index in [9.17, 15) is 0 Å². The summed E-state index contributed by atoms with van der Waals surface area (Å²) in [6, 6.07) is 11.2. The van der Waals surface area contributed by atoms with Gasteiger partial charge in [-0.2, -0.15) is 0 Å². The van der Waals surface area contributed by atoms with E-state index >= 15 is 0 Å². The molecule has 0 spiro atoms. The van der Waals surface area contributed by atoms with E-state index in [2.05, 4.69) is 101 Å². The first-order valence-electron chi connectivity index (χ1n) is 15.3. The normalized spacial score (nSPS) is 19.1. The summed E-state index contributed by atoms with van der Waals surface area (Å²) in [5.41, 5.74) is 14.6. The van der Waals surface area contributed by atoms with Crippen LogP contribution in [0, 0.1) is 0 Å². The summed E-state index contributed by atoms with van der Waals surface area (Å²) in [5.74, 6) is 1.44. The first-order chi connectivity index (χ1) is 19.9. The van der Waals surface area contributed by atoms with E-state index in [0.29, 0.717) is 5.82 Å².